The van der Waals surface area contributed by atoms with Crippen molar-refractivity contribution < 1.29 is 19.4 Å². The van der Waals surface area contributed by atoms with Gasteiger partial charge in [-0.2, -0.15) is 0 Å². The highest BCUT2D eigenvalue weighted by atomic mass is 16.6. The van der Waals surface area contributed by atoms with E-state index in [1.165, 1.54) is 0 Å². The van der Waals surface area contributed by atoms with Gasteiger partial charge in [0.2, 0.25) is 0 Å². The van der Waals surface area contributed by atoms with Crippen LogP contribution >= 0.6 is 0 Å². The number of amides is 1. The highest BCUT2D eigenvalue weighted by molar-refractivity contribution is 5.71. The molecular formula is C22H25NO4. The van der Waals surface area contributed by atoms with Crippen LogP contribution in [0, 0.1) is 5.92 Å². The Bertz CT molecular complexity index is 747. The first-order valence-corrected chi connectivity index (χ1v) is 9.37. The summed E-state index contributed by atoms with van der Waals surface area (Å²) < 4.78 is 5.44. The fourth-order valence-electron chi connectivity index (χ4n) is 3.62. The summed E-state index contributed by atoms with van der Waals surface area (Å²) in [6.07, 6.45) is 2.26. The second kappa shape index (κ2) is 9.21. The van der Waals surface area contributed by atoms with Gasteiger partial charge in [0.1, 0.15) is 6.61 Å². The van der Waals surface area contributed by atoms with Gasteiger partial charge in [0.15, 0.2) is 0 Å². The van der Waals surface area contributed by atoms with Gasteiger partial charge < -0.3 is 14.7 Å². The highest BCUT2D eigenvalue weighted by Gasteiger charge is 2.33. The molecule has 1 amide bonds. The lowest BCUT2D eigenvalue weighted by Crippen LogP contribution is -2.38. The minimum Gasteiger partial charge on any atom is -0.481 e. The summed E-state index contributed by atoms with van der Waals surface area (Å²) in [5, 5.41) is 9.64. The van der Waals surface area contributed by atoms with Crippen LogP contribution in [0.2, 0.25) is 0 Å². The summed E-state index contributed by atoms with van der Waals surface area (Å²) >= 11 is 0. The average molecular weight is 367 g/mol. The van der Waals surface area contributed by atoms with E-state index in [-0.39, 0.29) is 18.7 Å². The van der Waals surface area contributed by atoms with Crippen molar-refractivity contribution >= 4 is 12.1 Å². The maximum absolute atomic E-state index is 12.5. The molecule has 27 heavy (non-hydrogen) atoms. The number of likely N-dealkylation sites (tertiary alicyclic amines) is 1. The summed E-state index contributed by atoms with van der Waals surface area (Å²) in [5.74, 6) is -1.33. The standard InChI is InChI=1S/C22H25NO4/c24-21(25)19(14-17-8-3-1-4-9-17)15-20-12-7-13-23(20)22(26)27-16-18-10-5-2-6-11-18/h1-6,8-11,19-20H,7,12-16H2,(H,24,25). The number of carbonyl (C=O) groups excluding carboxylic acids is 1. The van der Waals surface area contributed by atoms with Gasteiger partial charge in [0.25, 0.3) is 0 Å². The third kappa shape index (κ3) is 5.33. The Morgan fingerprint density at radius 1 is 1.04 bits per heavy atom. The zero-order chi connectivity index (χ0) is 19.1. The number of ether oxygens (including phenoxy) is 1. The lowest BCUT2D eigenvalue weighted by molar-refractivity contribution is -0.142. The van der Waals surface area contributed by atoms with Crippen LogP contribution in [0.4, 0.5) is 4.79 Å². The Kier molecular flexibility index (Phi) is 6.47. The van der Waals surface area contributed by atoms with E-state index >= 15 is 0 Å². The third-order valence-electron chi connectivity index (χ3n) is 5.05. The Balaban J connectivity index is 1.58. The quantitative estimate of drug-likeness (QED) is 0.799. The van der Waals surface area contributed by atoms with Crippen LogP contribution in [0.25, 0.3) is 0 Å². The minimum atomic E-state index is -0.816. The molecular weight excluding hydrogens is 342 g/mol. The van der Waals surface area contributed by atoms with E-state index in [2.05, 4.69) is 0 Å². The van der Waals surface area contributed by atoms with Crippen molar-refractivity contribution in [3.8, 4) is 0 Å². The smallest absolute Gasteiger partial charge is 0.410 e. The lowest BCUT2D eigenvalue weighted by Gasteiger charge is -2.26. The molecule has 0 spiro atoms. The molecule has 2 aromatic rings. The highest BCUT2D eigenvalue weighted by Crippen LogP contribution is 2.26. The number of carboxylic acids is 1. The monoisotopic (exact) mass is 367 g/mol. The molecule has 142 valence electrons. The first-order valence-electron chi connectivity index (χ1n) is 9.37. The van der Waals surface area contributed by atoms with Crippen LogP contribution in [-0.2, 0) is 22.6 Å². The lowest BCUT2D eigenvalue weighted by atomic mass is 9.92. The zero-order valence-corrected chi connectivity index (χ0v) is 15.3. The van der Waals surface area contributed by atoms with Gasteiger partial charge >= 0.3 is 12.1 Å². The molecule has 1 aliphatic heterocycles. The number of aliphatic carboxylic acids is 1. The van der Waals surface area contributed by atoms with Crippen LogP contribution in [-0.4, -0.2) is 34.7 Å². The van der Waals surface area contributed by atoms with Crippen LogP contribution in [0.15, 0.2) is 60.7 Å². The SMILES string of the molecule is O=C(O)C(Cc1ccccc1)CC1CCCN1C(=O)OCc1ccccc1. The summed E-state index contributed by atoms with van der Waals surface area (Å²) in [7, 11) is 0. The minimum absolute atomic E-state index is 0.0851. The fourth-order valence-corrected chi connectivity index (χ4v) is 3.62. The first-order chi connectivity index (χ1) is 13.1. The Hall–Kier alpha value is -2.82. The van der Waals surface area contributed by atoms with Crippen molar-refractivity contribution in [1.82, 2.24) is 4.90 Å². The largest absolute Gasteiger partial charge is 0.481 e. The third-order valence-corrected chi connectivity index (χ3v) is 5.05. The van der Waals surface area contributed by atoms with Crippen LogP contribution in [0.3, 0.4) is 0 Å². The summed E-state index contributed by atoms with van der Waals surface area (Å²) in [6.45, 7) is 0.852. The normalized spacial score (nSPS) is 17.5. The molecule has 1 saturated heterocycles. The molecule has 2 aromatic carbocycles. The summed E-state index contributed by atoms with van der Waals surface area (Å²) in [6, 6.07) is 19.1. The zero-order valence-electron chi connectivity index (χ0n) is 15.3. The van der Waals surface area contributed by atoms with Crippen LogP contribution in [0.1, 0.15) is 30.4 Å². The van der Waals surface area contributed by atoms with E-state index < -0.39 is 11.9 Å². The number of carbonyl (C=O) groups is 2. The number of benzene rings is 2. The molecule has 3 rings (SSSR count). The van der Waals surface area contributed by atoms with E-state index in [1.807, 2.05) is 60.7 Å². The number of hydrogen-bond acceptors (Lipinski definition) is 3. The van der Waals surface area contributed by atoms with Crippen molar-refractivity contribution in [2.45, 2.75) is 38.3 Å². The molecule has 0 bridgehead atoms. The van der Waals surface area contributed by atoms with Crippen molar-refractivity contribution in [2.24, 2.45) is 5.92 Å². The van der Waals surface area contributed by atoms with Crippen molar-refractivity contribution in [3.63, 3.8) is 0 Å². The van der Waals surface area contributed by atoms with Gasteiger partial charge in [-0.3, -0.25) is 4.79 Å². The molecule has 0 aromatic heterocycles. The van der Waals surface area contributed by atoms with Crippen LogP contribution in [0.5, 0.6) is 0 Å². The second-order valence-electron chi connectivity index (χ2n) is 6.99. The van der Waals surface area contributed by atoms with Gasteiger partial charge in [-0.05, 0) is 36.8 Å². The van der Waals surface area contributed by atoms with E-state index in [4.69, 9.17) is 4.74 Å². The predicted molar refractivity (Wildman–Crippen MR) is 102 cm³/mol. The molecule has 0 aliphatic carbocycles. The Morgan fingerprint density at radius 3 is 2.30 bits per heavy atom. The summed E-state index contributed by atoms with van der Waals surface area (Å²) in [4.78, 5) is 25.9. The predicted octanol–water partition coefficient (Wildman–Crippen LogP) is 4.12. The van der Waals surface area contributed by atoms with Crippen molar-refractivity contribution in [1.29, 1.82) is 0 Å². The molecule has 1 heterocycles. The van der Waals surface area contributed by atoms with E-state index in [1.54, 1.807) is 4.90 Å². The number of carboxylic acid groups (broad SMARTS) is 1. The van der Waals surface area contributed by atoms with E-state index in [0.717, 1.165) is 24.0 Å². The average Bonchev–Trinajstić information content (AvgIpc) is 3.15. The molecule has 1 aliphatic rings. The van der Waals surface area contributed by atoms with Gasteiger partial charge in [0, 0.05) is 12.6 Å². The van der Waals surface area contributed by atoms with Gasteiger partial charge in [-0.25, -0.2) is 4.79 Å². The molecule has 2 unspecified atom stereocenters. The fraction of sp³-hybridized carbons (Fsp3) is 0.364. The van der Waals surface area contributed by atoms with Gasteiger partial charge in [-0.1, -0.05) is 60.7 Å². The van der Waals surface area contributed by atoms with Crippen molar-refractivity contribution in [2.75, 3.05) is 6.54 Å². The van der Waals surface area contributed by atoms with Crippen molar-refractivity contribution in [3.05, 3.63) is 71.8 Å². The molecule has 5 heteroatoms. The molecule has 5 nitrogen and oxygen atoms in total. The Labute approximate surface area is 159 Å². The number of hydrogen-bond donors (Lipinski definition) is 1. The topological polar surface area (TPSA) is 66.8 Å². The molecule has 1 fully saturated rings. The summed E-state index contributed by atoms with van der Waals surface area (Å²) in [5.41, 5.74) is 1.94. The molecule has 0 radical (unpaired) electrons. The van der Waals surface area contributed by atoms with E-state index in [0.29, 0.717) is 19.4 Å². The second-order valence-corrected chi connectivity index (χ2v) is 6.99. The van der Waals surface area contributed by atoms with E-state index in [9.17, 15) is 14.7 Å². The number of rotatable bonds is 7. The van der Waals surface area contributed by atoms with Gasteiger partial charge in [-0.15, -0.1) is 0 Å². The maximum Gasteiger partial charge on any atom is 0.410 e. The Morgan fingerprint density at radius 2 is 1.67 bits per heavy atom. The number of nitrogens with zero attached hydrogens (tertiary/aromatic N) is 1. The molecule has 0 saturated carbocycles. The first kappa shape index (κ1) is 19.0. The molecule has 2 atom stereocenters. The molecule has 1 N–H and O–H groups in total. The maximum atomic E-state index is 12.5. The van der Waals surface area contributed by atoms with Crippen LogP contribution < -0.4 is 0 Å². The van der Waals surface area contributed by atoms with Gasteiger partial charge in [0.05, 0.1) is 5.92 Å².